The molecule has 0 N–H and O–H groups in total. The molecule has 1 aliphatic rings. The maximum absolute atomic E-state index is 13.2. The van der Waals surface area contributed by atoms with Crippen molar-refractivity contribution in [2.45, 2.75) is 32.2 Å². The van der Waals surface area contributed by atoms with Crippen LogP contribution in [0, 0.1) is 0 Å². The molecule has 1 amide bonds. The molecule has 0 saturated carbocycles. The van der Waals surface area contributed by atoms with E-state index in [1.807, 2.05) is 23.1 Å². The van der Waals surface area contributed by atoms with Gasteiger partial charge in [0.05, 0.1) is 0 Å². The number of nitrogens with zero attached hydrogens (tertiary/aromatic N) is 1. The molecule has 3 aromatic rings. The van der Waals surface area contributed by atoms with Gasteiger partial charge < -0.3 is 4.90 Å². The van der Waals surface area contributed by atoms with E-state index >= 15 is 0 Å². The van der Waals surface area contributed by atoms with Crippen LogP contribution < -0.4 is 0 Å². The normalized spacial score (nSPS) is 19.3. The maximum atomic E-state index is 13.2. The Morgan fingerprint density at radius 3 is 2.11 bits per heavy atom. The van der Waals surface area contributed by atoms with Crippen molar-refractivity contribution in [1.29, 1.82) is 0 Å². The fourth-order valence-corrected chi connectivity index (χ4v) is 4.12. The number of carbonyl (C=O) groups is 1. The Labute approximate surface area is 161 Å². The molecular weight excluding hydrogens is 330 g/mol. The molecule has 27 heavy (non-hydrogen) atoms. The molecule has 0 bridgehead atoms. The fourth-order valence-electron chi connectivity index (χ4n) is 4.12. The van der Waals surface area contributed by atoms with E-state index in [1.165, 1.54) is 11.1 Å². The summed E-state index contributed by atoms with van der Waals surface area (Å²) in [7, 11) is 0. The molecule has 0 fully saturated rings. The average molecular weight is 355 g/mol. The Kier molecular flexibility index (Phi) is 4.35. The van der Waals surface area contributed by atoms with Gasteiger partial charge in [-0.05, 0) is 55.2 Å². The first-order valence-corrected chi connectivity index (χ1v) is 9.57. The minimum atomic E-state index is -0.237. The van der Waals surface area contributed by atoms with Gasteiger partial charge in [0.1, 0.15) is 0 Å². The van der Waals surface area contributed by atoms with Gasteiger partial charge in [-0.15, -0.1) is 0 Å². The lowest BCUT2D eigenvalue weighted by atomic mass is 9.70. The third-order valence-corrected chi connectivity index (χ3v) is 5.73. The standard InChI is InChI=1S/C25H25NO/c1-18(2)26-17-25(3,21-12-8-5-9-13-21)23-16-20(14-15-22(23)24(26)27)19-10-6-4-7-11-19/h4-16,18H,17H2,1-3H3. The summed E-state index contributed by atoms with van der Waals surface area (Å²) >= 11 is 0. The highest BCUT2D eigenvalue weighted by molar-refractivity contribution is 5.98. The summed E-state index contributed by atoms with van der Waals surface area (Å²) in [5.74, 6) is 0.132. The second-order valence-corrected chi connectivity index (χ2v) is 7.85. The van der Waals surface area contributed by atoms with E-state index in [0.717, 1.165) is 16.7 Å². The first-order chi connectivity index (χ1) is 13.0. The summed E-state index contributed by atoms with van der Waals surface area (Å²) in [6, 6.07) is 27.4. The van der Waals surface area contributed by atoms with Crippen molar-refractivity contribution >= 4 is 5.91 Å². The highest BCUT2D eigenvalue weighted by Crippen LogP contribution is 2.41. The highest BCUT2D eigenvalue weighted by Gasteiger charge is 2.41. The Morgan fingerprint density at radius 1 is 0.852 bits per heavy atom. The van der Waals surface area contributed by atoms with E-state index in [4.69, 9.17) is 0 Å². The zero-order valence-corrected chi connectivity index (χ0v) is 16.1. The monoisotopic (exact) mass is 355 g/mol. The zero-order chi connectivity index (χ0) is 19.0. The van der Waals surface area contributed by atoms with Crippen LogP contribution in [0.1, 0.15) is 42.3 Å². The second kappa shape index (κ2) is 6.70. The molecule has 0 radical (unpaired) electrons. The van der Waals surface area contributed by atoms with E-state index in [9.17, 15) is 4.79 Å². The van der Waals surface area contributed by atoms with Gasteiger partial charge in [0, 0.05) is 23.6 Å². The van der Waals surface area contributed by atoms with Crippen molar-refractivity contribution < 1.29 is 4.79 Å². The molecule has 1 atom stereocenters. The van der Waals surface area contributed by atoms with Crippen LogP contribution in [-0.4, -0.2) is 23.4 Å². The van der Waals surface area contributed by atoms with Crippen molar-refractivity contribution in [2.75, 3.05) is 6.54 Å². The van der Waals surface area contributed by atoms with Crippen molar-refractivity contribution in [3.63, 3.8) is 0 Å². The molecule has 0 aromatic heterocycles. The predicted octanol–water partition coefficient (Wildman–Crippen LogP) is 5.52. The first-order valence-electron chi connectivity index (χ1n) is 9.57. The second-order valence-electron chi connectivity index (χ2n) is 7.85. The molecular formula is C25H25NO. The van der Waals surface area contributed by atoms with Gasteiger partial charge in [-0.3, -0.25) is 4.79 Å². The lowest BCUT2D eigenvalue weighted by molar-refractivity contribution is 0.0639. The van der Waals surface area contributed by atoms with Crippen LogP contribution >= 0.6 is 0 Å². The summed E-state index contributed by atoms with van der Waals surface area (Å²) in [6.07, 6.45) is 0. The van der Waals surface area contributed by atoms with Crippen LogP contribution in [0.25, 0.3) is 11.1 Å². The van der Waals surface area contributed by atoms with Gasteiger partial charge in [0.15, 0.2) is 0 Å². The Bertz CT molecular complexity index is 962. The molecule has 2 heteroatoms. The zero-order valence-electron chi connectivity index (χ0n) is 16.1. The first kappa shape index (κ1) is 17.5. The van der Waals surface area contributed by atoms with E-state index in [1.54, 1.807) is 0 Å². The molecule has 1 heterocycles. The number of hydrogen-bond donors (Lipinski definition) is 0. The summed E-state index contributed by atoms with van der Waals surface area (Å²) < 4.78 is 0. The lowest BCUT2D eigenvalue weighted by Gasteiger charge is -2.44. The molecule has 3 aromatic carbocycles. The molecule has 2 nitrogen and oxygen atoms in total. The van der Waals surface area contributed by atoms with Gasteiger partial charge >= 0.3 is 0 Å². The number of hydrogen-bond acceptors (Lipinski definition) is 1. The van der Waals surface area contributed by atoms with Crippen molar-refractivity contribution in [1.82, 2.24) is 4.90 Å². The molecule has 0 spiro atoms. The van der Waals surface area contributed by atoms with E-state index in [2.05, 4.69) is 81.4 Å². The molecule has 136 valence electrons. The molecule has 1 aliphatic heterocycles. The van der Waals surface area contributed by atoms with Crippen molar-refractivity contribution in [3.8, 4) is 11.1 Å². The summed E-state index contributed by atoms with van der Waals surface area (Å²) in [4.78, 5) is 15.1. The van der Waals surface area contributed by atoms with Crippen LogP contribution in [0.2, 0.25) is 0 Å². The molecule has 0 aliphatic carbocycles. The number of rotatable bonds is 3. The number of fused-ring (bicyclic) bond motifs is 1. The minimum Gasteiger partial charge on any atom is -0.335 e. The number of benzene rings is 3. The largest absolute Gasteiger partial charge is 0.335 e. The molecule has 1 unspecified atom stereocenters. The Morgan fingerprint density at radius 2 is 1.48 bits per heavy atom. The van der Waals surface area contributed by atoms with Gasteiger partial charge in [-0.1, -0.05) is 66.7 Å². The summed E-state index contributed by atoms with van der Waals surface area (Å²) in [6.45, 7) is 7.13. The topological polar surface area (TPSA) is 20.3 Å². The smallest absolute Gasteiger partial charge is 0.254 e. The Hall–Kier alpha value is -2.87. The van der Waals surface area contributed by atoms with Crippen LogP contribution in [0.4, 0.5) is 0 Å². The highest BCUT2D eigenvalue weighted by atomic mass is 16.2. The van der Waals surface area contributed by atoms with E-state index in [0.29, 0.717) is 6.54 Å². The summed E-state index contributed by atoms with van der Waals surface area (Å²) in [5, 5.41) is 0. The van der Waals surface area contributed by atoms with Crippen LogP contribution in [0.5, 0.6) is 0 Å². The number of amides is 1. The fraction of sp³-hybridized carbons (Fsp3) is 0.240. The summed E-state index contributed by atoms with van der Waals surface area (Å²) in [5.41, 5.74) is 5.28. The van der Waals surface area contributed by atoms with Gasteiger partial charge in [-0.2, -0.15) is 0 Å². The van der Waals surface area contributed by atoms with E-state index in [-0.39, 0.29) is 17.4 Å². The van der Waals surface area contributed by atoms with E-state index < -0.39 is 0 Å². The SMILES string of the molecule is CC(C)N1CC(C)(c2ccccc2)c2cc(-c3ccccc3)ccc2C1=O. The quantitative estimate of drug-likeness (QED) is 0.605. The molecule has 0 saturated heterocycles. The lowest BCUT2D eigenvalue weighted by Crippen LogP contribution is -2.51. The van der Waals surface area contributed by atoms with Gasteiger partial charge in [0.2, 0.25) is 0 Å². The van der Waals surface area contributed by atoms with Crippen LogP contribution in [0.15, 0.2) is 78.9 Å². The number of carbonyl (C=O) groups excluding carboxylic acids is 1. The minimum absolute atomic E-state index is 0.132. The Balaban J connectivity index is 1.93. The van der Waals surface area contributed by atoms with Gasteiger partial charge in [0.25, 0.3) is 5.91 Å². The third-order valence-electron chi connectivity index (χ3n) is 5.73. The van der Waals surface area contributed by atoms with Crippen molar-refractivity contribution in [3.05, 3.63) is 95.6 Å². The van der Waals surface area contributed by atoms with Crippen LogP contribution in [-0.2, 0) is 5.41 Å². The van der Waals surface area contributed by atoms with Gasteiger partial charge in [-0.25, -0.2) is 0 Å². The average Bonchev–Trinajstić information content (AvgIpc) is 2.71. The van der Waals surface area contributed by atoms with Crippen LogP contribution in [0.3, 0.4) is 0 Å². The van der Waals surface area contributed by atoms with Crippen molar-refractivity contribution in [2.24, 2.45) is 0 Å². The maximum Gasteiger partial charge on any atom is 0.254 e. The molecule has 4 rings (SSSR count). The third kappa shape index (κ3) is 2.95. The predicted molar refractivity (Wildman–Crippen MR) is 111 cm³/mol.